The Labute approximate surface area is 256 Å². The summed E-state index contributed by atoms with van der Waals surface area (Å²) < 4.78 is 93.9. The third-order valence-corrected chi connectivity index (χ3v) is 9.55. The number of sulfone groups is 1. The van der Waals surface area contributed by atoms with E-state index in [1.807, 2.05) is 0 Å². The van der Waals surface area contributed by atoms with Crippen molar-refractivity contribution in [1.82, 2.24) is 5.32 Å². The van der Waals surface area contributed by atoms with Gasteiger partial charge in [0.05, 0.1) is 47.7 Å². The Balaban J connectivity index is 1.48. The predicted octanol–water partition coefficient (Wildman–Crippen LogP) is 4.31. The van der Waals surface area contributed by atoms with Crippen LogP contribution in [0.4, 0.5) is 23.2 Å². The number of halogens is 4. The number of anilines is 1. The maximum absolute atomic E-state index is 14.9. The summed E-state index contributed by atoms with van der Waals surface area (Å²) in [5, 5.41) is 14.5. The van der Waals surface area contributed by atoms with Gasteiger partial charge < -0.3 is 30.0 Å². The van der Waals surface area contributed by atoms with E-state index in [9.17, 15) is 45.5 Å². The number of carbonyl (C=O) groups excluding carboxylic acids is 2. The summed E-state index contributed by atoms with van der Waals surface area (Å²) in [5.74, 6) is -4.48. The average Bonchev–Trinajstić information content (AvgIpc) is 2.98. The third-order valence-electron chi connectivity index (χ3n) is 8.07. The molecule has 1 aliphatic heterocycles. The molecule has 2 unspecified atom stereocenters. The standard InChI is InChI=1S/C29H32F4N2O9S/c1-28(27(38)39)9-6-17(7-10-28)44-24-13-20(23(42-2)14-21(24)30)26(37)35-22-15-43-11-8-19(22)25(36)34-16-4-3-5-18(12-16)45(40,41)29(31,32)33/h3-5,12-14,17,19,22H,6-11,15H2,1-2H3,(H,34,36)(H,35,37)(H,38,39). The third kappa shape index (κ3) is 7.49. The number of amides is 2. The van der Waals surface area contributed by atoms with Crippen LogP contribution >= 0.6 is 0 Å². The lowest BCUT2D eigenvalue weighted by molar-refractivity contribution is -0.150. The molecule has 3 N–H and O–H groups in total. The Kier molecular flexibility index (Phi) is 9.97. The normalized spacial score (nSPS) is 23.9. The number of hydrogen-bond acceptors (Lipinski definition) is 8. The highest BCUT2D eigenvalue weighted by Crippen LogP contribution is 2.39. The zero-order valence-corrected chi connectivity index (χ0v) is 25.1. The number of carbonyl (C=O) groups is 3. The van der Waals surface area contributed by atoms with Gasteiger partial charge in [-0.15, -0.1) is 0 Å². The van der Waals surface area contributed by atoms with Crippen LogP contribution in [-0.2, 0) is 24.2 Å². The van der Waals surface area contributed by atoms with Crippen molar-refractivity contribution in [3.05, 3.63) is 47.8 Å². The van der Waals surface area contributed by atoms with Crippen LogP contribution in [-0.4, -0.2) is 69.3 Å². The highest BCUT2D eigenvalue weighted by atomic mass is 32.2. The number of nitrogens with one attached hydrogen (secondary N) is 2. The Hall–Kier alpha value is -3.92. The van der Waals surface area contributed by atoms with Crippen molar-refractivity contribution in [3.8, 4) is 11.5 Å². The second-order valence-electron chi connectivity index (χ2n) is 11.2. The summed E-state index contributed by atoms with van der Waals surface area (Å²) in [6.45, 7) is 1.66. The molecule has 246 valence electrons. The monoisotopic (exact) mass is 660 g/mol. The first-order valence-electron chi connectivity index (χ1n) is 13.9. The molecule has 2 aromatic carbocycles. The van der Waals surface area contributed by atoms with Gasteiger partial charge in [-0.3, -0.25) is 14.4 Å². The number of rotatable bonds is 9. The van der Waals surface area contributed by atoms with Crippen LogP contribution in [0.3, 0.4) is 0 Å². The molecular weight excluding hydrogens is 628 g/mol. The summed E-state index contributed by atoms with van der Waals surface area (Å²) in [6, 6.07) is 4.91. The number of alkyl halides is 3. The zero-order valence-electron chi connectivity index (χ0n) is 24.3. The molecule has 1 saturated heterocycles. The van der Waals surface area contributed by atoms with Crippen LogP contribution in [0, 0.1) is 17.2 Å². The Morgan fingerprint density at radius 2 is 1.76 bits per heavy atom. The first-order valence-corrected chi connectivity index (χ1v) is 15.4. The molecule has 2 fully saturated rings. The molecule has 4 rings (SSSR count). The van der Waals surface area contributed by atoms with Gasteiger partial charge in [0.1, 0.15) is 5.75 Å². The second-order valence-corrected chi connectivity index (χ2v) is 13.1. The lowest BCUT2D eigenvalue weighted by Crippen LogP contribution is -2.50. The first kappa shape index (κ1) is 34.0. The first-order chi connectivity index (χ1) is 21.1. The van der Waals surface area contributed by atoms with Crippen molar-refractivity contribution in [1.29, 1.82) is 0 Å². The van der Waals surface area contributed by atoms with Crippen molar-refractivity contribution in [2.75, 3.05) is 25.6 Å². The van der Waals surface area contributed by atoms with Gasteiger partial charge in [0.25, 0.3) is 15.7 Å². The Bertz CT molecular complexity index is 1560. The number of ether oxygens (including phenoxy) is 3. The molecule has 1 aliphatic carbocycles. The molecule has 0 aromatic heterocycles. The summed E-state index contributed by atoms with van der Waals surface area (Å²) in [4.78, 5) is 37.0. The molecule has 45 heavy (non-hydrogen) atoms. The molecule has 2 atom stereocenters. The van der Waals surface area contributed by atoms with Crippen LogP contribution in [0.25, 0.3) is 0 Å². The average molecular weight is 661 g/mol. The Morgan fingerprint density at radius 1 is 1.07 bits per heavy atom. The molecule has 0 bridgehead atoms. The van der Waals surface area contributed by atoms with E-state index in [2.05, 4.69) is 10.6 Å². The van der Waals surface area contributed by atoms with Gasteiger partial charge in [-0.1, -0.05) is 6.07 Å². The fourth-order valence-electron chi connectivity index (χ4n) is 5.26. The van der Waals surface area contributed by atoms with E-state index in [1.165, 1.54) is 13.2 Å². The van der Waals surface area contributed by atoms with Crippen LogP contribution < -0.4 is 20.1 Å². The fourth-order valence-corrected chi connectivity index (χ4v) is 6.07. The number of hydrogen-bond donors (Lipinski definition) is 3. The molecular formula is C29H32F4N2O9S. The maximum Gasteiger partial charge on any atom is 0.501 e. The van der Waals surface area contributed by atoms with Crippen molar-refractivity contribution in [3.63, 3.8) is 0 Å². The highest BCUT2D eigenvalue weighted by Gasteiger charge is 2.47. The molecule has 2 amide bonds. The molecule has 1 saturated carbocycles. The number of methoxy groups -OCH3 is 1. The van der Waals surface area contributed by atoms with Gasteiger partial charge in [0.15, 0.2) is 11.6 Å². The topological polar surface area (TPSA) is 157 Å². The zero-order chi connectivity index (χ0) is 33.2. The van der Waals surface area contributed by atoms with E-state index in [0.717, 1.165) is 24.3 Å². The minimum Gasteiger partial charge on any atom is -0.496 e. The summed E-state index contributed by atoms with van der Waals surface area (Å²) >= 11 is 0. The SMILES string of the molecule is COc1cc(F)c(OC2CCC(C)(C(=O)O)CC2)cc1C(=O)NC1COCCC1C(=O)Nc1cccc(S(=O)(=O)C(F)(F)F)c1. The van der Waals surface area contributed by atoms with Crippen molar-refractivity contribution >= 4 is 33.3 Å². The number of carboxylic acid groups (broad SMARTS) is 1. The molecule has 11 nitrogen and oxygen atoms in total. The van der Waals surface area contributed by atoms with Crippen molar-refractivity contribution < 1.29 is 59.7 Å². The molecule has 2 aliphatic rings. The summed E-state index contributed by atoms with van der Waals surface area (Å²) in [7, 11) is -4.42. The summed E-state index contributed by atoms with van der Waals surface area (Å²) in [5.41, 5.74) is -6.75. The van der Waals surface area contributed by atoms with Crippen LogP contribution in [0.5, 0.6) is 11.5 Å². The van der Waals surface area contributed by atoms with Gasteiger partial charge in [0.2, 0.25) is 5.91 Å². The van der Waals surface area contributed by atoms with Crippen molar-refractivity contribution in [2.24, 2.45) is 11.3 Å². The maximum atomic E-state index is 14.9. The lowest BCUT2D eigenvalue weighted by Gasteiger charge is -2.34. The van der Waals surface area contributed by atoms with Crippen LogP contribution in [0.1, 0.15) is 49.4 Å². The van der Waals surface area contributed by atoms with E-state index in [0.29, 0.717) is 31.7 Å². The smallest absolute Gasteiger partial charge is 0.496 e. The van der Waals surface area contributed by atoms with Gasteiger partial charge in [-0.2, -0.15) is 13.2 Å². The number of aliphatic carboxylic acids is 1. The molecule has 16 heteroatoms. The van der Waals surface area contributed by atoms with Gasteiger partial charge >= 0.3 is 11.5 Å². The number of carboxylic acids is 1. The minimum absolute atomic E-state index is 0.108. The molecule has 0 radical (unpaired) electrons. The van der Waals surface area contributed by atoms with E-state index >= 15 is 0 Å². The highest BCUT2D eigenvalue weighted by molar-refractivity contribution is 7.92. The Morgan fingerprint density at radius 3 is 2.38 bits per heavy atom. The van der Waals surface area contributed by atoms with Crippen LogP contribution in [0.2, 0.25) is 0 Å². The molecule has 0 spiro atoms. The lowest BCUT2D eigenvalue weighted by atomic mass is 9.75. The predicted molar refractivity (Wildman–Crippen MR) is 150 cm³/mol. The van der Waals surface area contributed by atoms with Gasteiger partial charge in [0, 0.05) is 18.4 Å². The minimum atomic E-state index is -5.65. The van der Waals surface area contributed by atoms with Crippen LogP contribution in [0.15, 0.2) is 41.3 Å². The van der Waals surface area contributed by atoms with E-state index < -0.39 is 67.3 Å². The van der Waals surface area contributed by atoms with E-state index in [1.54, 1.807) is 6.92 Å². The van der Waals surface area contributed by atoms with Gasteiger partial charge in [-0.05, 0) is 63.3 Å². The molecule has 2 aromatic rings. The second kappa shape index (κ2) is 13.2. The van der Waals surface area contributed by atoms with Gasteiger partial charge in [-0.25, -0.2) is 12.8 Å². The quantitative estimate of drug-likeness (QED) is 0.334. The largest absolute Gasteiger partial charge is 0.501 e. The fraction of sp³-hybridized carbons (Fsp3) is 0.483. The number of benzene rings is 2. The van der Waals surface area contributed by atoms with Crippen molar-refractivity contribution in [2.45, 2.75) is 61.6 Å². The summed E-state index contributed by atoms with van der Waals surface area (Å²) in [6.07, 6.45) is 0.995. The molecule has 1 heterocycles. The van der Waals surface area contributed by atoms with E-state index in [-0.39, 0.29) is 42.4 Å². The van der Waals surface area contributed by atoms with E-state index in [4.69, 9.17) is 14.2 Å².